The van der Waals surface area contributed by atoms with Crippen LogP contribution < -0.4 is 5.73 Å². The second-order valence-electron chi connectivity index (χ2n) is 7.79. The number of likely N-dealkylation sites (tertiary alicyclic amines) is 1. The first-order valence-corrected chi connectivity index (χ1v) is 8.52. The molecule has 3 rings (SSSR count). The van der Waals surface area contributed by atoms with Crippen LogP contribution in [-0.2, 0) is 4.79 Å². The van der Waals surface area contributed by atoms with Gasteiger partial charge in [0.05, 0.1) is 0 Å². The SMILES string of the molecule is CC(C)c1ccc(C2CC2C(=O)N2CCC(C)(CN)C2)cc1.Cl. The molecule has 0 radical (unpaired) electrons. The molecule has 2 fully saturated rings. The number of nitrogens with zero attached hydrogens (tertiary/aromatic N) is 1. The average Bonchev–Trinajstić information content (AvgIpc) is 3.22. The average molecular weight is 337 g/mol. The van der Waals surface area contributed by atoms with Crippen LogP contribution in [0.25, 0.3) is 0 Å². The van der Waals surface area contributed by atoms with E-state index in [1.807, 2.05) is 4.90 Å². The van der Waals surface area contributed by atoms with E-state index in [1.54, 1.807) is 0 Å². The number of carbonyl (C=O) groups excluding carboxylic acids is 1. The molecule has 1 aromatic rings. The summed E-state index contributed by atoms with van der Waals surface area (Å²) in [7, 11) is 0. The van der Waals surface area contributed by atoms with Gasteiger partial charge in [0.1, 0.15) is 0 Å². The van der Waals surface area contributed by atoms with E-state index < -0.39 is 0 Å². The van der Waals surface area contributed by atoms with Gasteiger partial charge in [-0.1, -0.05) is 45.0 Å². The monoisotopic (exact) mass is 336 g/mol. The molecule has 3 nitrogen and oxygen atoms in total. The van der Waals surface area contributed by atoms with Crippen molar-refractivity contribution in [2.75, 3.05) is 19.6 Å². The minimum atomic E-state index is 0. The van der Waals surface area contributed by atoms with Crippen molar-refractivity contribution in [3.63, 3.8) is 0 Å². The van der Waals surface area contributed by atoms with Crippen molar-refractivity contribution in [2.24, 2.45) is 17.1 Å². The summed E-state index contributed by atoms with van der Waals surface area (Å²) in [5.41, 5.74) is 8.65. The Morgan fingerprint density at radius 1 is 1.35 bits per heavy atom. The van der Waals surface area contributed by atoms with E-state index in [9.17, 15) is 4.79 Å². The molecule has 4 heteroatoms. The molecule has 23 heavy (non-hydrogen) atoms. The van der Waals surface area contributed by atoms with Crippen LogP contribution in [0.3, 0.4) is 0 Å². The summed E-state index contributed by atoms with van der Waals surface area (Å²) in [5.74, 6) is 1.53. The summed E-state index contributed by atoms with van der Waals surface area (Å²) < 4.78 is 0. The summed E-state index contributed by atoms with van der Waals surface area (Å²) in [6, 6.07) is 8.84. The number of hydrogen-bond donors (Lipinski definition) is 1. The van der Waals surface area contributed by atoms with Gasteiger partial charge in [-0.2, -0.15) is 0 Å². The van der Waals surface area contributed by atoms with Crippen molar-refractivity contribution in [1.29, 1.82) is 0 Å². The van der Waals surface area contributed by atoms with Crippen LogP contribution in [0.1, 0.15) is 56.6 Å². The number of nitrogens with two attached hydrogens (primary N) is 1. The molecule has 1 saturated carbocycles. The lowest BCUT2D eigenvalue weighted by atomic mass is 9.90. The molecule has 0 bridgehead atoms. The molecule has 1 aromatic carbocycles. The molecule has 1 aliphatic carbocycles. The summed E-state index contributed by atoms with van der Waals surface area (Å²) in [6.45, 7) is 8.98. The largest absolute Gasteiger partial charge is 0.342 e. The third-order valence-electron chi connectivity index (χ3n) is 5.50. The van der Waals surface area contributed by atoms with E-state index in [0.29, 0.717) is 24.3 Å². The number of hydrogen-bond acceptors (Lipinski definition) is 2. The fraction of sp³-hybridized carbons (Fsp3) is 0.632. The van der Waals surface area contributed by atoms with Crippen LogP contribution in [0.15, 0.2) is 24.3 Å². The van der Waals surface area contributed by atoms with E-state index in [0.717, 1.165) is 25.9 Å². The zero-order valence-electron chi connectivity index (χ0n) is 14.4. The fourth-order valence-corrected chi connectivity index (χ4v) is 3.58. The van der Waals surface area contributed by atoms with Gasteiger partial charge in [-0.05, 0) is 47.8 Å². The Bertz CT molecular complexity index is 557. The first-order chi connectivity index (χ1) is 10.4. The van der Waals surface area contributed by atoms with E-state index in [-0.39, 0.29) is 23.7 Å². The normalized spacial score (nSPS) is 29.5. The summed E-state index contributed by atoms with van der Waals surface area (Å²) in [5, 5.41) is 0. The van der Waals surface area contributed by atoms with Crippen LogP contribution in [0.2, 0.25) is 0 Å². The van der Waals surface area contributed by atoms with Gasteiger partial charge in [0, 0.05) is 19.0 Å². The third-order valence-corrected chi connectivity index (χ3v) is 5.50. The van der Waals surface area contributed by atoms with Crippen LogP contribution >= 0.6 is 12.4 Å². The molecule has 3 unspecified atom stereocenters. The molecule has 128 valence electrons. The highest BCUT2D eigenvalue weighted by molar-refractivity contribution is 5.85. The molecule has 0 aromatic heterocycles. The highest BCUT2D eigenvalue weighted by Crippen LogP contribution is 2.49. The molecule has 0 spiro atoms. The van der Waals surface area contributed by atoms with Crippen LogP contribution in [0.5, 0.6) is 0 Å². The molecule has 1 saturated heterocycles. The van der Waals surface area contributed by atoms with Gasteiger partial charge in [-0.3, -0.25) is 4.79 Å². The lowest BCUT2D eigenvalue weighted by Crippen LogP contribution is -2.35. The van der Waals surface area contributed by atoms with Gasteiger partial charge < -0.3 is 10.6 Å². The van der Waals surface area contributed by atoms with Crippen molar-refractivity contribution in [2.45, 2.75) is 45.4 Å². The number of halogens is 1. The Labute approximate surface area is 146 Å². The predicted molar refractivity (Wildman–Crippen MR) is 97.0 cm³/mol. The second-order valence-corrected chi connectivity index (χ2v) is 7.79. The Morgan fingerprint density at radius 3 is 2.52 bits per heavy atom. The zero-order chi connectivity index (χ0) is 15.9. The minimum Gasteiger partial charge on any atom is -0.342 e. The third kappa shape index (κ3) is 3.72. The maximum absolute atomic E-state index is 12.7. The van der Waals surface area contributed by atoms with Gasteiger partial charge in [0.2, 0.25) is 5.91 Å². The lowest BCUT2D eigenvalue weighted by molar-refractivity contribution is -0.132. The van der Waals surface area contributed by atoms with Gasteiger partial charge in [-0.25, -0.2) is 0 Å². The van der Waals surface area contributed by atoms with Gasteiger partial charge in [-0.15, -0.1) is 12.4 Å². The standard InChI is InChI=1S/C19H28N2O.ClH/c1-13(2)14-4-6-15(7-5-14)16-10-17(16)18(22)21-9-8-19(3,11-20)12-21;/h4-7,13,16-17H,8-12,20H2,1-3H3;1H. The van der Waals surface area contributed by atoms with E-state index >= 15 is 0 Å². The number of rotatable bonds is 4. The van der Waals surface area contributed by atoms with E-state index in [4.69, 9.17) is 5.73 Å². The molecular weight excluding hydrogens is 308 g/mol. The summed E-state index contributed by atoms with van der Waals surface area (Å²) in [4.78, 5) is 14.7. The van der Waals surface area contributed by atoms with Gasteiger partial charge in [0.25, 0.3) is 0 Å². The van der Waals surface area contributed by atoms with E-state index in [2.05, 4.69) is 45.0 Å². The Balaban J connectivity index is 0.00000192. The van der Waals surface area contributed by atoms with Crippen molar-refractivity contribution >= 4 is 18.3 Å². The number of carbonyl (C=O) groups is 1. The molecule has 1 aliphatic heterocycles. The highest BCUT2D eigenvalue weighted by atomic mass is 35.5. The molecule has 2 N–H and O–H groups in total. The maximum atomic E-state index is 12.7. The van der Waals surface area contributed by atoms with Crippen molar-refractivity contribution in [3.05, 3.63) is 35.4 Å². The quantitative estimate of drug-likeness (QED) is 0.914. The smallest absolute Gasteiger partial charge is 0.226 e. The molecular formula is C19H29ClN2O. The van der Waals surface area contributed by atoms with Crippen molar-refractivity contribution < 1.29 is 4.79 Å². The van der Waals surface area contributed by atoms with Crippen molar-refractivity contribution in [1.82, 2.24) is 4.90 Å². The van der Waals surface area contributed by atoms with Gasteiger partial charge in [0.15, 0.2) is 0 Å². The molecule has 1 heterocycles. The lowest BCUT2D eigenvalue weighted by Gasteiger charge is -2.22. The highest BCUT2D eigenvalue weighted by Gasteiger charge is 2.48. The minimum absolute atomic E-state index is 0. The fourth-order valence-electron chi connectivity index (χ4n) is 3.58. The second kappa shape index (κ2) is 6.82. The number of amides is 1. The van der Waals surface area contributed by atoms with Crippen LogP contribution in [-0.4, -0.2) is 30.4 Å². The maximum Gasteiger partial charge on any atom is 0.226 e. The van der Waals surface area contributed by atoms with Gasteiger partial charge >= 0.3 is 0 Å². The molecule has 2 aliphatic rings. The Morgan fingerprint density at radius 2 is 2.00 bits per heavy atom. The number of benzene rings is 1. The van der Waals surface area contributed by atoms with Crippen LogP contribution in [0.4, 0.5) is 0 Å². The topological polar surface area (TPSA) is 46.3 Å². The Hall–Kier alpha value is -1.06. The first kappa shape index (κ1) is 18.3. The predicted octanol–water partition coefficient (Wildman–Crippen LogP) is 3.53. The zero-order valence-corrected chi connectivity index (χ0v) is 15.2. The van der Waals surface area contributed by atoms with Crippen molar-refractivity contribution in [3.8, 4) is 0 Å². The molecule has 1 amide bonds. The summed E-state index contributed by atoms with van der Waals surface area (Å²) in [6.07, 6.45) is 2.05. The first-order valence-electron chi connectivity index (χ1n) is 8.52. The van der Waals surface area contributed by atoms with E-state index in [1.165, 1.54) is 11.1 Å². The molecule has 3 atom stereocenters. The van der Waals surface area contributed by atoms with Crippen LogP contribution in [0, 0.1) is 11.3 Å². The Kier molecular flexibility index (Phi) is 5.42. The summed E-state index contributed by atoms with van der Waals surface area (Å²) >= 11 is 0.